The first-order chi connectivity index (χ1) is 7.15. The lowest BCUT2D eigenvalue weighted by atomic mass is 9.88. The summed E-state index contributed by atoms with van der Waals surface area (Å²) in [5.41, 5.74) is 6.45. The smallest absolute Gasteiger partial charge is 0.145 e. The molecule has 0 saturated heterocycles. The molecular formula is C11H16N4. The van der Waals surface area contributed by atoms with E-state index in [0.717, 1.165) is 31.4 Å². The Hall–Kier alpha value is -1.50. The van der Waals surface area contributed by atoms with Gasteiger partial charge in [0.1, 0.15) is 5.82 Å². The molecular weight excluding hydrogens is 188 g/mol. The molecule has 0 amide bonds. The second kappa shape index (κ2) is 3.58. The first kappa shape index (κ1) is 10.0. The van der Waals surface area contributed by atoms with Gasteiger partial charge in [-0.05, 0) is 19.8 Å². The fraction of sp³-hybridized carbons (Fsp3) is 0.636. The molecule has 1 aliphatic rings. The van der Waals surface area contributed by atoms with Crippen molar-refractivity contribution in [3.8, 4) is 6.07 Å². The van der Waals surface area contributed by atoms with Crippen molar-refractivity contribution in [1.82, 2.24) is 9.78 Å². The molecule has 2 N–H and O–H groups in total. The zero-order chi connectivity index (χ0) is 10.9. The quantitative estimate of drug-likeness (QED) is 0.799. The number of nitrogens with two attached hydrogens (primary N) is 1. The standard InChI is InChI=1S/C11H16N4/c1-9-6-10(13)14-15(9)8-11(7-12)4-2-3-5-11/h6H,2-5,8H2,1H3,(H2,13,14). The number of hydrogen-bond donors (Lipinski definition) is 1. The third kappa shape index (κ3) is 1.82. The Morgan fingerprint density at radius 3 is 2.73 bits per heavy atom. The van der Waals surface area contributed by atoms with Gasteiger partial charge in [-0.1, -0.05) is 12.8 Å². The fourth-order valence-corrected chi connectivity index (χ4v) is 2.34. The molecule has 0 atom stereocenters. The first-order valence-corrected chi connectivity index (χ1v) is 5.36. The van der Waals surface area contributed by atoms with Crippen molar-refractivity contribution in [3.05, 3.63) is 11.8 Å². The second-order valence-electron chi connectivity index (χ2n) is 4.47. The van der Waals surface area contributed by atoms with Crippen molar-refractivity contribution in [2.75, 3.05) is 5.73 Å². The van der Waals surface area contributed by atoms with E-state index in [-0.39, 0.29) is 5.41 Å². The average molecular weight is 204 g/mol. The molecule has 0 radical (unpaired) electrons. The van der Waals surface area contributed by atoms with Crippen LogP contribution in [0.3, 0.4) is 0 Å². The third-order valence-corrected chi connectivity index (χ3v) is 3.25. The van der Waals surface area contributed by atoms with E-state index >= 15 is 0 Å². The lowest BCUT2D eigenvalue weighted by molar-refractivity contribution is 0.323. The van der Waals surface area contributed by atoms with Gasteiger partial charge in [0.05, 0.1) is 18.0 Å². The molecule has 4 nitrogen and oxygen atoms in total. The summed E-state index contributed by atoms with van der Waals surface area (Å²) in [7, 11) is 0. The van der Waals surface area contributed by atoms with E-state index in [4.69, 9.17) is 5.73 Å². The zero-order valence-corrected chi connectivity index (χ0v) is 9.03. The van der Waals surface area contributed by atoms with Crippen molar-refractivity contribution in [3.63, 3.8) is 0 Å². The van der Waals surface area contributed by atoms with E-state index in [1.807, 2.05) is 17.7 Å². The minimum atomic E-state index is -0.205. The molecule has 0 spiro atoms. The average Bonchev–Trinajstić information content (AvgIpc) is 2.76. The molecule has 1 heterocycles. The molecule has 0 unspecified atom stereocenters. The van der Waals surface area contributed by atoms with E-state index in [1.165, 1.54) is 0 Å². The van der Waals surface area contributed by atoms with E-state index < -0.39 is 0 Å². The molecule has 15 heavy (non-hydrogen) atoms. The highest BCUT2D eigenvalue weighted by molar-refractivity contribution is 5.29. The molecule has 4 heteroatoms. The molecule has 1 aromatic rings. The van der Waals surface area contributed by atoms with Crippen molar-refractivity contribution in [2.24, 2.45) is 5.41 Å². The molecule has 1 fully saturated rings. The van der Waals surface area contributed by atoms with Gasteiger partial charge in [-0.2, -0.15) is 10.4 Å². The predicted molar refractivity (Wildman–Crippen MR) is 57.9 cm³/mol. The molecule has 2 rings (SSSR count). The number of nitrogens with zero attached hydrogens (tertiary/aromatic N) is 3. The van der Waals surface area contributed by atoms with Crippen LogP contribution in [0.4, 0.5) is 5.82 Å². The van der Waals surface area contributed by atoms with Gasteiger partial charge in [0, 0.05) is 11.8 Å². The molecule has 0 aromatic carbocycles. The SMILES string of the molecule is Cc1cc(N)nn1CC1(C#N)CCCC1. The van der Waals surface area contributed by atoms with E-state index in [0.29, 0.717) is 12.4 Å². The topological polar surface area (TPSA) is 67.6 Å². The lowest BCUT2D eigenvalue weighted by Gasteiger charge is -2.20. The lowest BCUT2D eigenvalue weighted by Crippen LogP contribution is -2.23. The van der Waals surface area contributed by atoms with Gasteiger partial charge in [-0.3, -0.25) is 4.68 Å². The summed E-state index contributed by atoms with van der Waals surface area (Å²) in [5, 5.41) is 13.5. The van der Waals surface area contributed by atoms with Crippen LogP contribution in [0.1, 0.15) is 31.4 Å². The summed E-state index contributed by atoms with van der Waals surface area (Å²) in [6.45, 7) is 2.66. The molecule has 1 aliphatic carbocycles. The van der Waals surface area contributed by atoms with Gasteiger partial charge in [0.15, 0.2) is 0 Å². The Morgan fingerprint density at radius 2 is 2.27 bits per heavy atom. The highest BCUT2D eigenvalue weighted by Gasteiger charge is 2.34. The Kier molecular flexibility index (Phi) is 2.39. The van der Waals surface area contributed by atoms with Crippen molar-refractivity contribution in [1.29, 1.82) is 5.26 Å². The van der Waals surface area contributed by atoms with Crippen LogP contribution in [-0.2, 0) is 6.54 Å². The predicted octanol–water partition coefficient (Wildman–Crippen LogP) is 1.86. The summed E-state index contributed by atoms with van der Waals surface area (Å²) in [6.07, 6.45) is 4.29. The zero-order valence-electron chi connectivity index (χ0n) is 9.03. The maximum Gasteiger partial charge on any atom is 0.145 e. The highest BCUT2D eigenvalue weighted by atomic mass is 15.3. The Balaban J connectivity index is 2.20. The number of nitriles is 1. The monoisotopic (exact) mass is 204 g/mol. The van der Waals surface area contributed by atoms with Gasteiger partial charge < -0.3 is 5.73 Å². The number of aryl methyl sites for hydroxylation is 1. The van der Waals surface area contributed by atoms with Gasteiger partial charge in [-0.25, -0.2) is 0 Å². The van der Waals surface area contributed by atoms with Crippen LogP contribution >= 0.6 is 0 Å². The minimum absolute atomic E-state index is 0.205. The van der Waals surface area contributed by atoms with Crippen LogP contribution in [0.15, 0.2) is 6.07 Å². The molecule has 0 bridgehead atoms. The van der Waals surface area contributed by atoms with E-state index in [2.05, 4.69) is 11.2 Å². The van der Waals surface area contributed by atoms with E-state index in [1.54, 1.807) is 0 Å². The first-order valence-electron chi connectivity index (χ1n) is 5.36. The summed E-state index contributed by atoms with van der Waals surface area (Å²) in [4.78, 5) is 0. The van der Waals surface area contributed by atoms with Gasteiger partial charge in [-0.15, -0.1) is 0 Å². The molecule has 80 valence electrons. The van der Waals surface area contributed by atoms with Crippen molar-refractivity contribution in [2.45, 2.75) is 39.2 Å². The summed E-state index contributed by atoms with van der Waals surface area (Å²) in [5.74, 6) is 0.540. The van der Waals surface area contributed by atoms with Crippen LogP contribution in [0.25, 0.3) is 0 Å². The Morgan fingerprint density at radius 1 is 1.60 bits per heavy atom. The van der Waals surface area contributed by atoms with Crippen LogP contribution in [-0.4, -0.2) is 9.78 Å². The van der Waals surface area contributed by atoms with Crippen LogP contribution in [0.5, 0.6) is 0 Å². The van der Waals surface area contributed by atoms with Crippen LogP contribution in [0, 0.1) is 23.7 Å². The van der Waals surface area contributed by atoms with Gasteiger partial charge >= 0.3 is 0 Å². The minimum Gasteiger partial charge on any atom is -0.382 e. The van der Waals surface area contributed by atoms with Crippen molar-refractivity contribution >= 4 is 5.82 Å². The molecule has 0 aliphatic heterocycles. The normalized spacial score (nSPS) is 18.9. The number of rotatable bonds is 2. The van der Waals surface area contributed by atoms with Gasteiger partial charge in [0.25, 0.3) is 0 Å². The number of hydrogen-bond acceptors (Lipinski definition) is 3. The largest absolute Gasteiger partial charge is 0.382 e. The van der Waals surface area contributed by atoms with Crippen molar-refractivity contribution < 1.29 is 0 Å². The second-order valence-corrected chi connectivity index (χ2v) is 4.47. The summed E-state index contributed by atoms with van der Waals surface area (Å²) in [6, 6.07) is 4.31. The van der Waals surface area contributed by atoms with Crippen LogP contribution in [0.2, 0.25) is 0 Å². The number of anilines is 1. The molecule has 1 saturated carbocycles. The Bertz CT molecular complexity index is 393. The fourth-order valence-electron chi connectivity index (χ4n) is 2.34. The highest BCUT2D eigenvalue weighted by Crippen LogP contribution is 2.39. The number of aromatic nitrogens is 2. The number of nitrogen functional groups attached to an aromatic ring is 1. The summed E-state index contributed by atoms with van der Waals surface area (Å²) < 4.78 is 1.86. The van der Waals surface area contributed by atoms with Gasteiger partial charge in [0.2, 0.25) is 0 Å². The Labute approximate surface area is 89.7 Å². The maximum atomic E-state index is 9.25. The molecule has 1 aromatic heterocycles. The van der Waals surface area contributed by atoms with Crippen LogP contribution < -0.4 is 5.73 Å². The van der Waals surface area contributed by atoms with E-state index in [9.17, 15) is 5.26 Å². The summed E-state index contributed by atoms with van der Waals surface area (Å²) >= 11 is 0. The third-order valence-electron chi connectivity index (χ3n) is 3.25. The maximum absolute atomic E-state index is 9.25.